The van der Waals surface area contributed by atoms with Crippen molar-refractivity contribution in [3.05, 3.63) is 52.9 Å². The first-order valence-corrected chi connectivity index (χ1v) is 6.77. The molecule has 116 valence electrons. The molecule has 1 amide bonds. The van der Waals surface area contributed by atoms with Gasteiger partial charge in [-0.2, -0.15) is 0 Å². The van der Waals surface area contributed by atoms with Crippen LogP contribution in [0, 0.1) is 0 Å². The molecule has 2 rings (SSSR count). The summed E-state index contributed by atoms with van der Waals surface area (Å²) in [5.41, 5.74) is 0.343. The smallest absolute Gasteiger partial charge is 0.251 e. The zero-order valence-corrected chi connectivity index (χ0v) is 12.7. The predicted molar refractivity (Wildman–Crippen MR) is 83.6 cm³/mol. The minimum Gasteiger partial charge on any atom is -0.493 e. The molecule has 0 aliphatic heterocycles. The molecule has 1 heterocycles. The Hall–Kier alpha value is -2.76. The fourth-order valence-electron chi connectivity index (χ4n) is 2.05. The molecule has 1 unspecified atom stereocenters. The monoisotopic (exact) mass is 302 g/mol. The lowest BCUT2D eigenvalue weighted by Crippen LogP contribution is -2.30. The zero-order valence-electron chi connectivity index (χ0n) is 12.7. The molecule has 0 aliphatic carbocycles. The van der Waals surface area contributed by atoms with Gasteiger partial charge in [0.1, 0.15) is 6.04 Å². The molecule has 0 saturated heterocycles. The molecular weight excluding hydrogens is 284 g/mol. The van der Waals surface area contributed by atoms with Crippen molar-refractivity contribution in [2.75, 3.05) is 19.5 Å². The van der Waals surface area contributed by atoms with Gasteiger partial charge in [-0.05, 0) is 25.1 Å². The quantitative estimate of drug-likeness (QED) is 0.918. The second kappa shape index (κ2) is 6.80. The highest BCUT2D eigenvalue weighted by Gasteiger charge is 2.16. The van der Waals surface area contributed by atoms with Crippen molar-refractivity contribution in [3.63, 3.8) is 0 Å². The van der Waals surface area contributed by atoms with Crippen LogP contribution in [0.4, 0.5) is 5.69 Å². The first-order chi connectivity index (χ1) is 10.6. The van der Waals surface area contributed by atoms with Gasteiger partial charge in [-0.1, -0.05) is 6.07 Å². The number of methoxy groups -OCH3 is 2. The molecule has 0 radical (unpaired) electrons. The fourth-order valence-corrected chi connectivity index (χ4v) is 2.05. The second-order valence-electron chi connectivity index (χ2n) is 4.68. The molecule has 22 heavy (non-hydrogen) atoms. The van der Waals surface area contributed by atoms with Gasteiger partial charge in [-0.25, -0.2) is 0 Å². The number of benzene rings is 1. The summed E-state index contributed by atoms with van der Waals surface area (Å²) in [6.07, 6.45) is 1.58. The van der Waals surface area contributed by atoms with E-state index in [4.69, 9.17) is 9.47 Å². The summed E-state index contributed by atoms with van der Waals surface area (Å²) < 4.78 is 11.7. The van der Waals surface area contributed by atoms with Gasteiger partial charge >= 0.3 is 0 Å². The maximum atomic E-state index is 12.3. The van der Waals surface area contributed by atoms with Gasteiger partial charge in [0, 0.05) is 24.0 Å². The highest BCUT2D eigenvalue weighted by Crippen LogP contribution is 2.29. The van der Waals surface area contributed by atoms with Crippen LogP contribution in [-0.4, -0.2) is 24.7 Å². The highest BCUT2D eigenvalue weighted by atomic mass is 16.5. The van der Waals surface area contributed by atoms with Crippen LogP contribution in [-0.2, 0) is 4.79 Å². The van der Waals surface area contributed by atoms with E-state index in [1.165, 1.54) is 17.7 Å². The minimum atomic E-state index is -0.623. The molecule has 0 fully saturated rings. The van der Waals surface area contributed by atoms with Crippen LogP contribution in [0.5, 0.6) is 11.5 Å². The number of rotatable bonds is 5. The third kappa shape index (κ3) is 3.28. The van der Waals surface area contributed by atoms with E-state index in [-0.39, 0.29) is 11.5 Å². The molecule has 6 nitrogen and oxygen atoms in total. The van der Waals surface area contributed by atoms with Gasteiger partial charge in [0.25, 0.3) is 5.56 Å². The Morgan fingerprint density at radius 1 is 1.14 bits per heavy atom. The summed E-state index contributed by atoms with van der Waals surface area (Å²) in [7, 11) is 3.07. The Labute approximate surface area is 128 Å². The van der Waals surface area contributed by atoms with Crippen molar-refractivity contribution >= 4 is 11.6 Å². The number of pyridine rings is 1. The summed E-state index contributed by atoms with van der Waals surface area (Å²) in [6.45, 7) is 1.66. The molecule has 0 saturated carbocycles. The van der Waals surface area contributed by atoms with E-state index in [2.05, 4.69) is 5.32 Å². The number of hydrogen-bond donors (Lipinski definition) is 1. The van der Waals surface area contributed by atoms with E-state index >= 15 is 0 Å². The van der Waals surface area contributed by atoms with Gasteiger partial charge < -0.3 is 19.4 Å². The number of carbonyl (C=O) groups excluding carboxylic acids is 1. The Morgan fingerprint density at radius 3 is 2.50 bits per heavy atom. The van der Waals surface area contributed by atoms with Crippen molar-refractivity contribution < 1.29 is 14.3 Å². The normalized spacial score (nSPS) is 11.6. The number of carbonyl (C=O) groups is 1. The maximum Gasteiger partial charge on any atom is 0.251 e. The lowest BCUT2D eigenvalue weighted by atomic mass is 10.2. The number of aromatic nitrogens is 1. The highest BCUT2D eigenvalue weighted by molar-refractivity contribution is 5.93. The molecule has 1 aromatic carbocycles. The fraction of sp³-hybridized carbons (Fsp3) is 0.250. The van der Waals surface area contributed by atoms with Crippen molar-refractivity contribution in [3.8, 4) is 11.5 Å². The minimum absolute atomic E-state index is 0.225. The van der Waals surface area contributed by atoms with Crippen LogP contribution in [0.1, 0.15) is 13.0 Å². The van der Waals surface area contributed by atoms with Gasteiger partial charge in [0.05, 0.1) is 14.2 Å². The van der Waals surface area contributed by atoms with Crippen molar-refractivity contribution in [1.82, 2.24) is 4.57 Å². The number of ether oxygens (including phenoxy) is 2. The molecule has 0 bridgehead atoms. The van der Waals surface area contributed by atoms with Crippen LogP contribution >= 0.6 is 0 Å². The summed E-state index contributed by atoms with van der Waals surface area (Å²) in [6, 6.07) is 9.21. The van der Waals surface area contributed by atoms with Gasteiger partial charge in [0.2, 0.25) is 5.91 Å². The van der Waals surface area contributed by atoms with E-state index < -0.39 is 6.04 Å². The first-order valence-electron chi connectivity index (χ1n) is 6.77. The molecule has 6 heteroatoms. The summed E-state index contributed by atoms with van der Waals surface area (Å²) in [4.78, 5) is 24.0. The van der Waals surface area contributed by atoms with Crippen LogP contribution in [0.25, 0.3) is 0 Å². The molecule has 1 atom stereocenters. The van der Waals surface area contributed by atoms with Crippen LogP contribution in [0.15, 0.2) is 47.4 Å². The SMILES string of the molecule is COc1ccc(NC(=O)C(C)n2ccccc2=O)cc1OC. The van der Waals surface area contributed by atoms with Crippen molar-refractivity contribution in [1.29, 1.82) is 0 Å². The summed E-state index contributed by atoms with van der Waals surface area (Å²) >= 11 is 0. The Bertz CT molecular complexity index is 724. The number of nitrogens with one attached hydrogen (secondary N) is 1. The maximum absolute atomic E-state index is 12.3. The first kappa shape index (κ1) is 15.6. The summed E-state index contributed by atoms with van der Waals surface area (Å²) in [5.74, 6) is 0.804. The number of hydrogen-bond acceptors (Lipinski definition) is 4. The molecule has 1 aromatic heterocycles. The van der Waals surface area contributed by atoms with Crippen molar-refractivity contribution in [2.24, 2.45) is 0 Å². The molecule has 0 aliphatic rings. The lowest BCUT2D eigenvalue weighted by Gasteiger charge is -2.16. The molecule has 0 spiro atoms. The number of nitrogens with zero attached hydrogens (tertiary/aromatic N) is 1. The predicted octanol–water partition coefficient (Wildman–Crippen LogP) is 2.07. The van der Waals surface area contributed by atoms with Crippen LogP contribution in [0.2, 0.25) is 0 Å². The molecule has 2 aromatic rings. The van der Waals surface area contributed by atoms with E-state index in [0.717, 1.165) is 0 Å². The largest absolute Gasteiger partial charge is 0.493 e. The van der Waals surface area contributed by atoms with Crippen molar-refractivity contribution in [2.45, 2.75) is 13.0 Å². The van der Waals surface area contributed by atoms with Gasteiger partial charge in [-0.3, -0.25) is 9.59 Å². The zero-order chi connectivity index (χ0) is 16.1. The van der Waals surface area contributed by atoms with E-state index in [1.807, 2.05) is 0 Å². The van der Waals surface area contributed by atoms with E-state index in [0.29, 0.717) is 17.2 Å². The summed E-state index contributed by atoms with van der Waals surface area (Å²) in [5, 5.41) is 2.76. The Balaban J connectivity index is 2.18. The molecular formula is C16H18N2O4. The average molecular weight is 302 g/mol. The third-order valence-electron chi connectivity index (χ3n) is 3.30. The average Bonchev–Trinajstić information content (AvgIpc) is 2.54. The Kier molecular flexibility index (Phi) is 4.83. The third-order valence-corrected chi connectivity index (χ3v) is 3.30. The second-order valence-corrected chi connectivity index (χ2v) is 4.68. The van der Waals surface area contributed by atoms with E-state index in [1.54, 1.807) is 50.6 Å². The lowest BCUT2D eigenvalue weighted by molar-refractivity contribution is -0.118. The standard InChI is InChI=1S/C16H18N2O4/c1-11(18-9-5-4-6-15(18)19)16(20)17-12-7-8-13(21-2)14(10-12)22-3/h4-11H,1-3H3,(H,17,20). The van der Waals surface area contributed by atoms with Crippen LogP contribution < -0.4 is 20.3 Å². The van der Waals surface area contributed by atoms with E-state index in [9.17, 15) is 9.59 Å². The Morgan fingerprint density at radius 2 is 1.86 bits per heavy atom. The van der Waals surface area contributed by atoms with Crippen LogP contribution in [0.3, 0.4) is 0 Å². The van der Waals surface area contributed by atoms with Gasteiger partial charge in [-0.15, -0.1) is 0 Å². The number of amides is 1. The van der Waals surface area contributed by atoms with Gasteiger partial charge in [0.15, 0.2) is 11.5 Å². The molecule has 1 N–H and O–H groups in total. The topological polar surface area (TPSA) is 69.6 Å². The number of anilines is 1.